The van der Waals surface area contributed by atoms with Crippen molar-refractivity contribution in [2.75, 3.05) is 0 Å². The average Bonchev–Trinajstić information content (AvgIpc) is 2.56. The number of benzene rings is 2. The summed E-state index contributed by atoms with van der Waals surface area (Å²) in [5, 5.41) is 4.83. The average molecular weight is 343 g/mol. The first-order valence-electron chi connectivity index (χ1n) is 6.90. The molecule has 0 amide bonds. The Labute approximate surface area is 143 Å². The topological polar surface area (TPSA) is 42.3 Å². The van der Waals surface area contributed by atoms with Gasteiger partial charge in [0.05, 0.1) is 16.2 Å². The fourth-order valence-corrected chi connectivity index (χ4v) is 3.00. The third-order valence-corrected chi connectivity index (χ3v) is 4.47. The quantitative estimate of drug-likeness (QED) is 0.527. The van der Waals surface area contributed by atoms with Gasteiger partial charge in [-0.2, -0.15) is 0 Å². The van der Waals surface area contributed by atoms with E-state index in [0.29, 0.717) is 21.3 Å². The molecule has 5 heteroatoms. The highest BCUT2D eigenvalue weighted by atomic mass is 35.5. The fourth-order valence-electron chi connectivity index (χ4n) is 2.52. The summed E-state index contributed by atoms with van der Waals surface area (Å²) >= 11 is 12.9. The number of hydrogen-bond acceptors (Lipinski definition) is 3. The van der Waals surface area contributed by atoms with E-state index in [1.54, 1.807) is 6.07 Å². The number of rotatable bonds is 3. The Kier molecular flexibility index (Phi) is 4.16. The van der Waals surface area contributed by atoms with Gasteiger partial charge in [-0.1, -0.05) is 54.0 Å². The molecule has 2 aromatic carbocycles. The lowest BCUT2D eigenvalue weighted by Crippen LogP contribution is -1.93. The Bertz CT molecular complexity index is 951. The van der Waals surface area contributed by atoms with Crippen LogP contribution in [0.4, 0.5) is 0 Å². The highest BCUT2D eigenvalue weighted by Crippen LogP contribution is 2.40. The minimum atomic E-state index is 0.161. The van der Waals surface area contributed by atoms with Crippen LogP contribution in [0.5, 0.6) is 0 Å². The second kappa shape index (κ2) is 6.11. The van der Waals surface area contributed by atoms with E-state index in [9.17, 15) is 4.91 Å². The summed E-state index contributed by atoms with van der Waals surface area (Å²) < 4.78 is 0. The van der Waals surface area contributed by atoms with Gasteiger partial charge in [0, 0.05) is 27.1 Å². The van der Waals surface area contributed by atoms with E-state index in [2.05, 4.69) is 16.7 Å². The largest absolute Gasteiger partial charge is 0.252 e. The predicted molar refractivity (Wildman–Crippen MR) is 96.8 cm³/mol. The van der Waals surface area contributed by atoms with E-state index in [-0.39, 0.29) is 5.70 Å². The molecule has 0 fully saturated rings. The molecular weight excluding hydrogens is 331 g/mol. The molecule has 1 aromatic heterocycles. The fraction of sp³-hybridized carbons (Fsp3) is 0.0556. The zero-order chi connectivity index (χ0) is 16.6. The van der Waals surface area contributed by atoms with Crippen molar-refractivity contribution in [3.8, 4) is 11.1 Å². The van der Waals surface area contributed by atoms with Gasteiger partial charge in [0.1, 0.15) is 5.70 Å². The third kappa shape index (κ3) is 2.74. The number of hydrogen-bond donors (Lipinski definition) is 0. The molecule has 0 saturated carbocycles. The molecule has 23 heavy (non-hydrogen) atoms. The van der Waals surface area contributed by atoms with Gasteiger partial charge in [-0.25, -0.2) is 0 Å². The third-order valence-electron chi connectivity index (χ3n) is 3.68. The molecule has 0 saturated heterocycles. The van der Waals surface area contributed by atoms with Crippen LogP contribution in [-0.4, -0.2) is 4.98 Å². The number of aryl methyl sites for hydroxylation is 1. The number of fused-ring (bicyclic) bond motifs is 1. The molecule has 3 rings (SSSR count). The van der Waals surface area contributed by atoms with E-state index in [1.165, 1.54) is 0 Å². The molecule has 0 bridgehead atoms. The standard InChI is InChI=1S/C18H12Cl2N2O/c1-10(22-23)12-7-8-16-14(9-12)17(18(20)11(2)21-16)13-5-3-4-6-15(13)19/h3-9H,1H2,2H3. The van der Waals surface area contributed by atoms with Gasteiger partial charge >= 0.3 is 0 Å². The van der Waals surface area contributed by atoms with Crippen LogP contribution < -0.4 is 0 Å². The molecule has 0 spiro atoms. The van der Waals surface area contributed by atoms with Crippen molar-refractivity contribution in [3.05, 3.63) is 75.3 Å². The summed E-state index contributed by atoms with van der Waals surface area (Å²) in [6.07, 6.45) is 0. The molecule has 0 unspecified atom stereocenters. The van der Waals surface area contributed by atoms with E-state index < -0.39 is 0 Å². The highest BCUT2D eigenvalue weighted by molar-refractivity contribution is 6.38. The van der Waals surface area contributed by atoms with Crippen molar-refractivity contribution in [2.24, 2.45) is 5.18 Å². The van der Waals surface area contributed by atoms with Crippen molar-refractivity contribution in [3.63, 3.8) is 0 Å². The smallest absolute Gasteiger partial charge is 0.108 e. The summed E-state index contributed by atoms with van der Waals surface area (Å²) in [7, 11) is 0. The van der Waals surface area contributed by atoms with E-state index in [1.807, 2.05) is 43.3 Å². The summed E-state index contributed by atoms with van der Waals surface area (Å²) in [5.74, 6) is 0. The van der Waals surface area contributed by atoms with Crippen LogP contribution in [0.25, 0.3) is 27.7 Å². The zero-order valence-corrected chi connectivity index (χ0v) is 13.8. The Balaban J connectivity index is 2.42. The van der Waals surface area contributed by atoms with Gasteiger partial charge in [-0.3, -0.25) is 4.98 Å². The lowest BCUT2D eigenvalue weighted by atomic mass is 9.98. The maximum absolute atomic E-state index is 10.8. The first kappa shape index (κ1) is 15.7. The van der Waals surface area contributed by atoms with Crippen molar-refractivity contribution >= 4 is 39.8 Å². The normalized spacial score (nSPS) is 10.7. The van der Waals surface area contributed by atoms with Crippen LogP contribution >= 0.6 is 23.2 Å². The molecular formula is C18H12Cl2N2O. The molecule has 1 heterocycles. The molecule has 0 radical (unpaired) electrons. The molecule has 3 nitrogen and oxygen atoms in total. The van der Waals surface area contributed by atoms with Gasteiger partial charge in [-0.15, -0.1) is 4.91 Å². The van der Waals surface area contributed by atoms with Crippen LogP contribution in [0.1, 0.15) is 11.3 Å². The van der Waals surface area contributed by atoms with Crippen LogP contribution in [0, 0.1) is 11.8 Å². The molecule has 0 aliphatic carbocycles. The van der Waals surface area contributed by atoms with Gasteiger partial charge in [0.15, 0.2) is 0 Å². The maximum atomic E-state index is 10.8. The Morgan fingerprint density at radius 1 is 1.17 bits per heavy atom. The van der Waals surface area contributed by atoms with Crippen LogP contribution in [-0.2, 0) is 0 Å². The Hall–Kier alpha value is -2.23. The maximum Gasteiger partial charge on any atom is 0.108 e. The monoisotopic (exact) mass is 342 g/mol. The van der Waals surface area contributed by atoms with Crippen molar-refractivity contribution in [2.45, 2.75) is 6.92 Å². The number of pyridine rings is 1. The van der Waals surface area contributed by atoms with Crippen molar-refractivity contribution in [1.29, 1.82) is 0 Å². The van der Waals surface area contributed by atoms with Crippen LogP contribution in [0.2, 0.25) is 10.0 Å². The van der Waals surface area contributed by atoms with Gasteiger partial charge < -0.3 is 0 Å². The molecule has 0 atom stereocenters. The summed E-state index contributed by atoms with van der Waals surface area (Å²) in [5.41, 5.74) is 3.88. The number of nitroso groups, excluding NO2 is 1. The van der Waals surface area contributed by atoms with Crippen molar-refractivity contribution in [1.82, 2.24) is 4.98 Å². The van der Waals surface area contributed by atoms with Crippen molar-refractivity contribution < 1.29 is 0 Å². The second-order valence-electron chi connectivity index (χ2n) is 5.14. The lowest BCUT2D eigenvalue weighted by Gasteiger charge is -2.13. The first-order valence-corrected chi connectivity index (χ1v) is 7.66. The summed E-state index contributed by atoms with van der Waals surface area (Å²) in [6.45, 7) is 5.50. The van der Waals surface area contributed by atoms with Gasteiger partial charge in [0.25, 0.3) is 0 Å². The number of nitrogens with zero attached hydrogens (tertiary/aromatic N) is 2. The molecule has 114 valence electrons. The van der Waals surface area contributed by atoms with Crippen LogP contribution in [0.3, 0.4) is 0 Å². The predicted octanol–water partition coefficient (Wildman–Crippen LogP) is 6.25. The number of halogens is 2. The van der Waals surface area contributed by atoms with E-state index in [0.717, 1.165) is 22.0 Å². The highest BCUT2D eigenvalue weighted by Gasteiger charge is 2.16. The summed E-state index contributed by atoms with van der Waals surface area (Å²) in [4.78, 5) is 15.3. The Morgan fingerprint density at radius 3 is 2.61 bits per heavy atom. The summed E-state index contributed by atoms with van der Waals surface area (Å²) in [6, 6.07) is 12.9. The molecule has 3 aromatic rings. The second-order valence-corrected chi connectivity index (χ2v) is 5.92. The Morgan fingerprint density at radius 2 is 1.91 bits per heavy atom. The zero-order valence-electron chi connectivity index (χ0n) is 12.3. The van der Waals surface area contributed by atoms with Gasteiger partial charge in [-0.05, 0) is 30.3 Å². The van der Waals surface area contributed by atoms with E-state index in [4.69, 9.17) is 23.2 Å². The molecule has 0 aliphatic heterocycles. The lowest BCUT2D eigenvalue weighted by molar-refractivity contribution is 1.25. The minimum absolute atomic E-state index is 0.161. The van der Waals surface area contributed by atoms with Gasteiger partial charge in [0.2, 0.25) is 0 Å². The minimum Gasteiger partial charge on any atom is -0.252 e. The molecule has 0 aliphatic rings. The number of aromatic nitrogens is 1. The SMILES string of the molecule is C=C(N=O)c1ccc2nc(C)c(Cl)c(-c3ccccc3Cl)c2c1. The van der Waals surface area contributed by atoms with Crippen LogP contribution in [0.15, 0.2) is 54.2 Å². The molecule has 0 N–H and O–H groups in total. The first-order chi connectivity index (χ1) is 11.0. The van der Waals surface area contributed by atoms with E-state index >= 15 is 0 Å².